The number of hydrogen-bond donors (Lipinski definition) is 2. The Bertz CT molecular complexity index is 845. The molecule has 0 saturated heterocycles. The molecule has 0 spiro atoms. The normalized spacial score (nSPS) is 11.5. The van der Waals surface area contributed by atoms with E-state index >= 15 is 0 Å². The zero-order chi connectivity index (χ0) is 21.4. The third kappa shape index (κ3) is 7.29. The van der Waals surface area contributed by atoms with Crippen LogP contribution in [0.4, 0.5) is 11.4 Å². The third-order valence-electron chi connectivity index (χ3n) is 3.80. The predicted octanol–water partition coefficient (Wildman–Crippen LogP) is 3.86. The fourth-order valence-corrected chi connectivity index (χ4v) is 2.32. The summed E-state index contributed by atoms with van der Waals surface area (Å²) in [4.78, 5) is 35.5. The Morgan fingerprint density at radius 3 is 1.93 bits per heavy atom. The van der Waals surface area contributed by atoms with Crippen LogP contribution in [0.1, 0.15) is 38.1 Å². The molecule has 7 heteroatoms. The zero-order valence-electron chi connectivity index (χ0n) is 17.0. The van der Waals surface area contributed by atoms with Gasteiger partial charge in [0, 0.05) is 18.3 Å². The first-order valence-electron chi connectivity index (χ1n) is 9.37. The van der Waals surface area contributed by atoms with Crippen LogP contribution in [0.5, 0.6) is 5.75 Å². The Morgan fingerprint density at radius 1 is 0.862 bits per heavy atom. The van der Waals surface area contributed by atoms with Gasteiger partial charge in [-0.2, -0.15) is 0 Å². The van der Waals surface area contributed by atoms with Gasteiger partial charge in [-0.3, -0.25) is 9.59 Å². The van der Waals surface area contributed by atoms with E-state index in [1.54, 1.807) is 48.5 Å². The van der Waals surface area contributed by atoms with E-state index in [2.05, 4.69) is 24.5 Å². The molecule has 1 atom stereocenters. The summed E-state index contributed by atoms with van der Waals surface area (Å²) in [5, 5.41) is 5.31. The van der Waals surface area contributed by atoms with Gasteiger partial charge in [0.15, 0.2) is 6.10 Å². The van der Waals surface area contributed by atoms with Crippen molar-refractivity contribution in [1.82, 2.24) is 0 Å². The fraction of sp³-hybridized carbons (Fsp3) is 0.318. The lowest BCUT2D eigenvalue weighted by Crippen LogP contribution is -2.30. The second kappa shape index (κ2) is 10.3. The summed E-state index contributed by atoms with van der Waals surface area (Å²) in [6.07, 6.45) is -0.977. The maximum absolute atomic E-state index is 12.3. The molecule has 2 N–H and O–H groups in total. The number of esters is 1. The van der Waals surface area contributed by atoms with Crippen molar-refractivity contribution in [2.45, 2.75) is 33.8 Å². The van der Waals surface area contributed by atoms with Crippen molar-refractivity contribution in [3.05, 3.63) is 54.1 Å². The van der Waals surface area contributed by atoms with Crippen molar-refractivity contribution in [3.63, 3.8) is 0 Å². The molecule has 0 fully saturated rings. The van der Waals surface area contributed by atoms with E-state index in [-0.39, 0.29) is 5.91 Å². The Hall–Kier alpha value is -3.35. The van der Waals surface area contributed by atoms with E-state index in [1.807, 2.05) is 0 Å². The van der Waals surface area contributed by atoms with Crippen molar-refractivity contribution >= 4 is 29.2 Å². The SMILES string of the molecule is CC(=O)Nc1ccc(NC(=O)[C@@H](C)OC(=O)c2ccc(OCC(C)C)cc2)cc1. The Balaban J connectivity index is 1.88. The molecule has 0 aromatic heterocycles. The van der Waals surface area contributed by atoms with E-state index in [4.69, 9.17) is 9.47 Å². The van der Waals surface area contributed by atoms with Crippen LogP contribution in [0.25, 0.3) is 0 Å². The number of ether oxygens (including phenoxy) is 2. The van der Waals surface area contributed by atoms with Crippen LogP contribution >= 0.6 is 0 Å². The van der Waals surface area contributed by atoms with Crippen LogP contribution in [0.2, 0.25) is 0 Å². The molecule has 2 aromatic carbocycles. The van der Waals surface area contributed by atoms with E-state index in [0.29, 0.717) is 35.2 Å². The second-order valence-electron chi connectivity index (χ2n) is 7.02. The smallest absolute Gasteiger partial charge is 0.338 e. The summed E-state index contributed by atoms with van der Waals surface area (Å²) in [7, 11) is 0. The molecule has 0 bridgehead atoms. The van der Waals surface area contributed by atoms with Gasteiger partial charge >= 0.3 is 5.97 Å². The lowest BCUT2D eigenvalue weighted by atomic mass is 10.2. The van der Waals surface area contributed by atoms with Crippen LogP contribution in [0, 0.1) is 5.92 Å². The first-order chi connectivity index (χ1) is 13.7. The maximum Gasteiger partial charge on any atom is 0.338 e. The fourth-order valence-electron chi connectivity index (χ4n) is 2.32. The van der Waals surface area contributed by atoms with E-state index < -0.39 is 18.0 Å². The maximum atomic E-state index is 12.3. The number of carbonyl (C=O) groups is 3. The van der Waals surface area contributed by atoms with Gasteiger partial charge in [-0.1, -0.05) is 13.8 Å². The molecule has 2 amide bonds. The first kappa shape index (κ1) is 21.9. The van der Waals surface area contributed by atoms with Crippen LogP contribution in [-0.2, 0) is 14.3 Å². The molecule has 7 nitrogen and oxygen atoms in total. The average Bonchev–Trinajstić information content (AvgIpc) is 2.67. The summed E-state index contributed by atoms with van der Waals surface area (Å²) in [6.45, 7) is 7.61. The van der Waals surface area contributed by atoms with Gasteiger partial charge in [-0.15, -0.1) is 0 Å². The standard InChI is InChI=1S/C22H26N2O5/c1-14(2)13-28-20-11-5-17(6-12-20)22(27)29-15(3)21(26)24-19-9-7-18(8-10-19)23-16(4)25/h5-12,14-15H,13H2,1-4H3,(H,23,25)(H,24,26)/t15-/m1/s1. The molecule has 0 radical (unpaired) electrons. The van der Waals surface area contributed by atoms with Gasteiger partial charge < -0.3 is 20.1 Å². The Labute approximate surface area is 170 Å². The highest BCUT2D eigenvalue weighted by molar-refractivity contribution is 5.97. The molecular formula is C22H26N2O5. The lowest BCUT2D eigenvalue weighted by molar-refractivity contribution is -0.123. The van der Waals surface area contributed by atoms with Crippen LogP contribution in [0.3, 0.4) is 0 Å². The van der Waals surface area contributed by atoms with Crippen LogP contribution in [0.15, 0.2) is 48.5 Å². The summed E-state index contributed by atoms with van der Waals surface area (Å²) in [5.41, 5.74) is 1.48. The second-order valence-corrected chi connectivity index (χ2v) is 7.02. The van der Waals surface area contributed by atoms with E-state index in [0.717, 1.165) is 0 Å². The van der Waals surface area contributed by atoms with Crippen molar-refractivity contribution < 1.29 is 23.9 Å². The lowest BCUT2D eigenvalue weighted by Gasteiger charge is -2.14. The highest BCUT2D eigenvalue weighted by Crippen LogP contribution is 2.16. The molecule has 0 saturated carbocycles. The quantitative estimate of drug-likeness (QED) is 0.659. The monoisotopic (exact) mass is 398 g/mol. The number of amides is 2. The van der Waals surface area contributed by atoms with Gasteiger partial charge in [-0.05, 0) is 61.4 Å². The largest absolute Gasteiger partial charge is 0.493 e. The van der Waals surface area contributed by atoms with Gasteiger partial charge in [0.25, 0.3) is 5.91 Å². The summed E-state index contributed by atoms with van der Waals surface area (Å²) in [6, 6.07) is 13.2. The van der Waals surface area contributed by atoms with Crippen molar-refractivity contribution in [1.29, 1.82) is 0 Å². The zero-order valence-corrected chi connectivity index (χ0v) is 17.0. The van der Waals surface area contributed by atoms with Gasteiger partial charge in [-0.25, -0.2) is 4.79 Å². The molecule has 0 unspecified atom stereocenters. The van der Waals surface area contributed by atoms with Gasteiger partial charge in [0.05, 0.1) is 12.2 Å². The molecule has 2 aromatic rings. The molecular weight excluding hydrogens is 372 g/mol. The minimum atomic E-state index is -0.977. The number of nitrogens with one attached hydrogen (secondary N) is 2. The minimum absolute atomic E-state index is 0.179. The number of carbonyl (C=O) groups excluding carboxylic acids is 3. The van der Waals surface area contributed by atoms with Crippen molar-refractivity contribution in [3.8, 4) is 5.75 Å². The highest BCUT2D eigenvalue weighted by Gasteiger charge is 2.19. The first-order valence-corrected chi connectivity index (χ1v) is 9.37. The molecule has 0 aliphatic carbocycles. The topological polar surface area (TPSA) is 93.7 Å². The molecule has 154 valence electrons. The summed E-state index contributed by atoms with van der Waals surface area (Å²) >= 11 is 0. The van der Waals surface area contributed by atoms with E-state index in [9.17, 15) is 14.4 Å². The average molecular weight is 398 g/mol. The van der Waals surface area contributed by atoms with Crippen LogP contribution in [-0.4, -0.2) is 30.5 Å². The third-order valence-corrected chi connectivity index (χ3v) is 3.80. The van der Waals surface area contributed by atoms with E-state index in [1.165, 1.54) is 13.8 Å². The predicted molar refractivity (Wildman–Crippen MR) is 111 cm³/mol. The highest BCUT2D eigenvalue weighted by atomic mass is 16.5. The molecule has 0 aliphatic heterocycles. The number of hydrogen-bond acceptors (Lipinski definition) is 5. The Morgan fingerprint density at radius 2 is 1.41 bits per heavy atom. The molecule has 0 aliphatic rings. The van der Waals surface area contributed by atoms with Crippen molar-refractivity contribution in [2.75, 3.05) is 17.2 Å². The summed E-state index contributed by atoms with van der Waals surface area (Å²) < 4.78 is 10.8. The number of rotatable bonds is 8. The van der Waals surface area contributed by atoms with Gasteiger partial charge in [0.1, 0.15) is 5.75 Å². The molecule has 29 heavy (non-hydrogen) atoms. The molecule has 0 heterocycles. The van der Waals surface area contributed by atoms with Crippen LogP contribution < -0.4 is 15.4 Å². The summed E-state index contributed by atoms with van der Waals surface area (Å²) in [5.74, 6) is -0.155. The number of benzene rings is 2. The number of anilines is 2. The molecule has 2 rings (SSSR count). The van der Waals surface area contributed by atoms with Gasteiger partial charge in [0.2, 0.25) is 5.91 Å². The minimum Gasteiger partial charge on any atom is -0.493 e. The van der Waals surface area contributed by atoms with Crippen molar-refractivity contribution in [2.24, 2.45) is 5.92 Å². The Kier molecular flexibility index (Phi) is 7.77.